The van der Waals surface area contributed by atoms with Crippen molar-refractivity contribution in [3.63, 3.8) is 0 Å². The fourth-order valence-electron chi connectivity index (χ4n) is 1.25. The van der Waals surface area contributed by atoms with Gasteiger partial charge < -0.3 is 16.2 Å². The molecule has 0 spiro atoms. The van der Waals surface area contributed by atoms with E-state index < -0.39 is 17.8 Å². The van der Waals surface area contributed by atoms with Crippen LogP contribution >= 0.6 is 0 Å². The van der Waals surface area contributed by atoms with E-state index in [1.165, 1.54) is 19.2 Å². The van der Waals surface area contributed by atoms with E-state index in [9.17, 15) is 9.18 Å². The Hall–Kier alpha value is -1.62. The summed E-state index contributed by atoms with van der Waals surface area (Å²) in [5.74, 6) is -0.876. The number of methoxy groups -OCH3 is 1. The molecule has 0 aliphatic rings. The highest BCUT2D eigenvalue weighted by Crippen LogP contribution is 2.21. The summed E-state index contributed by atoms with van der Waals surface area (Å²) in [5.41, 5.74) is 11.2. The molecule has 4 N–H and O–H groups in total. The molecular weight excluding hydrogens is 199 g/mol. The third kappa shape index (κ3) is 2.92. The molecule has 0 saturated heterocycles. The predicted octanol–water partition coefficient (Wildman–Crippen LogP) is 0.710. The highest BCUT2D eigenvalue weighted by molar-refractivity contribution is 5.74. The number of amides is 1. The number of rotatable bonds is 4. The lowest BCUT2D eigenvalue weighted by Crippen LogP contribution is -2.20. The van der Waals surface area contributed by atoms with E-state index in [1.807, 2.05) is 0 Å². The largest absolute Gasteiger partial charge is 0.494 e. The van der Waals surface area contributed by atoms with Gasteiger partial charge in [0.05, 0.1) is 7.11 Å². The Balaban J connectivity index is 2.87. The van der Waals surface area contributed by atoms with Gasteiger partial charge in [0, 0.05) is 12.5 Å². The van der Waals surface area contributed by atoms with Crippen molar-refractivity contribution in [1.29, 1.82) is 0 Å². The monoisotopic (exact) mass is 212 g/mol. The molecule has 15 heavy (non-hydrogen) atoms. The van der Waals surface area contributed by atoms with Gasteiger partial charge in [-0.3, -0.25) is 4.79 Å². The zero-order valence-corrected chi connectivity index (χ0v) is 8.37. The van der Waals surface area contributed by atoms with Crippen molar-refractivity contribution in [2.24, 2.45) is 11.5 Å². The van der Waals surface area contributed by atoms with Crippen molar-refractivity contribution in [1.82, 2.24) is 0 Å². The molecule has 0 radical (unpaired) electrons. The van der Waals surface area contributed by atoms with Crippen molar-refractivity contribution >= 4 is 5.91 Å². The zero-order valence-electron chi connectivity index (χ0n) is 8.37. The number of primary amides is 1. The minimum atomic E-state index is -0.581. The number of carbonyl (C=O) groups is 1. The van der Waals surface area contributed by atoms with Gasteiger partial charge in [-0.2, -0.15) is 0 Å². The van der Waals surface area contributed by atoms with Crippen LogP contribution in [0.25, 0.3) is 0 Å². The second-order valence-corrected chi connectivity index (χ2v) is 3.17. The summed E-state index contributed by atoms with van der Waals surface area (Å²) in [6, 6.07) is 3.73. The number of hydrogen-bond acceptors (Lipinski definition) is 3. The predicted molar refractivity (Wildman–Crippen MR) is 53.7 cm³/mol. The number of nitrogens with two attached hydrogens (primary N) is 2. The van der Waals surface area contributed by atoms with Gasteiger partial charge in [-0.15, -0.1) is 0 Å². The van der Waals surface area contributed by atoms with Crippen LogP contribution < -0.4 is 16.2 Å². The van der Waals surface area contributed by atoms with Crippen LogP contribution in [0.1, 0.15) is 18.0 Å². The summed E-state index contributed by atoms with van der Waals surface area (Å²) in [5, 5.41) is 0. The first kappa shape index (κ1) is 11.5. The van der Waals surface area contributed by atoms with Crippen LogP contribution in [0, 0.1) is 5.82 Å². The van der Waals surface area contributed by atoms with Crippen LogP contribution in [0.2, 0.25) is 0 Å². The maximum absolute atomic E-state index is 13.3. The highest BCUT2D eigenvalue weighted by Gasteiger charge is 2.11. The second kappa shape index (κ2) is 4.75. The summed E-state index contributed by atoms with van der Waals surface area (Å²) in [6.07, 6.45) is -0.00817. The Bertz CT molecular complexity index is 368. The van der Waals surface area contributed by atoms with Crippen molar-refractivity contribution < 1.29 is 13.9 Å². The van der Waals surface area contributed by atoms with E-state index >= 15 is 0 Å². The maximum atomic E-state index is 13.3. The second-order valence-electron chi connectivity index (χ2n) is 3.17. The fraction of sp³-hybridized carbons (Fsp3) is 0.300. The number of hydrogen-bond donors (Lipinski definition) is 2. The van der Waals surface area contributed by atoms with Crippen LogP contribution in [0.5, 0.6) is 5.75 Å². The van der Waals surface area contributed by atoms with Gasteiger partial charge in [0.15, 0.2) is 11.6 Å². The molecule has 0 saturated carbocycles. The molecule has 0 fully saturated rings. The van der Waals surface area contributed by atoms with E-state index in [0.29, 0.717) is 5.56 Å². The summed E-state index contributed by atoms with van der Waals surface area (Å²) >= 11 is 0. The molecule has 0 aliphatic heterocycles. The molecule has 1 amide bonds. The Morgan fingerprint density at radius 3 is 2.73 bits per heavy atom. The highest BCUT2D eigenvalue weighted by atomic mass is 19.1. The lowest BCUT2D eigenvalue weighted by molar-refractivity contribution is -0.118. The maximum Gasteiger partial charge on any atom is 0.219 e. The number of halogens is 1. The molecule has 1 atom stereocenters. The van der Waals surface area contributed by atoms with E-state index in [1.54, 1.807) is 6.07 Å². The minimum absolute atomic E-state index is 0.00817. The van der Waals surface area contributed by atoms with Gasteiger partial charge in [-0.1, -0.05) is 6.07 Å². The summed E-state index contributed by atoms with van der Waals surface area (Å²) in [7, 11) is 1.38. The van der Waals surface area contributed by atoms with Gasteiger partial charge in [0.25, 0.3) is 0 Å². The molecule has 0 aliphatic carbocycles. The molecule has 1 rings (SSSR count). The topological polar surface area (TPSA) is 78.3 Å². The van der Waals surface area contributed by atoms with E-state index in [4.69, 9.17) is 16.2 Å². The number of benzene rings is 1. The quantitative estimate of drug-likeness (QED) is 0.771. The summed E-state index contributed by atoms with van der Waals surface area (Å²) < 4.78 is 18.0. The first-order valence-corrected chi connectivity index (χ1v) is 4.42. The third-order valence-corrected chi connectivity index (χ3v) is 2.03. The van der Waals surface area contributed by atoms with Gasteiger partial charge in [-0.25, -0.2) is 4.39 Å². The van der Waals surface area contributed by atoms with Crippen LogP contribution in [-0.2, 0) is 4.79 Å². The van der Waals surface area contributed by atoms with Gasteiger partial charge in [0.1, 0.15) is 0 Å². The van der Waals surface area contributed by atoms with Crippen LogP contribution in [-0.4, -0.2) is 13.0 Å². The average Bonchev–Trinajstić information content (AvgIpc) is 2.16. The molecule has 0 unspecified atom stereocenters. The molecule has 1 aromatic rings. The Kier molecular flexibility index (Phi) is 3.62. The molecule has 82 valence electrons. The molecule has 4 nitrogen and oxygen atoms in total. The lowest BCUT2D eigenvalue weighted by Gasteiger charge is -2.11. The molecule has 5 heteroatoms. The van der Waals surface area contributed by atoms with Crippen molar-refractivity contribution in [3.8, 4) is 5.75 Å². The van der Waals surface area contributed by atoms with Crippen LogP contribution in [0.4, 0.5) is 4.39 Å². The van der Waals surface area contributed by atoms with E-state index in [0.717, 1.165) is 0 Å². The van der Waals surface area contributed by atoms with Crippen molar-refractivity contribution in [2.45, 2.75) is 12.5 Å². The molecule has 0 aromatic heterocycles. The van der Waals surface area contributed by atoms with Gasteiger partial charge in [0.2, 0.25) is 5.91 Å². The van der Waals surface area contributed by atoms with Gasteiger partial charge >= 0.3 is 0 Å². The molecular formula is C10H13FN2O2. The van der Waals surface area contributed by atoms with Crippen LogP contribution in [0.3, 0.4) is 0 Å². The Morgan fingerprint density at radius 2 is 2.27 bits per heavy atom. The lowest BCUT2D eigenvalue weighted by atomic mass is 10.0. The smallest absolute Gasteiger partial charge is 0.219 e. The zero-order chi connectivity index (χ0) is 11.4. The van der Waals surface area contributed by atoms with Crippen molar-refractivity contribution in [2.75, 3.05) is 7.11 Å². The van der Waals surface area contributed by atoms with E-state index in [-0.39, 0.29) is 12.2 Å². The number of ether oxygens (including phenoxy) is 1. The van der Waals surface area contributed by atoms with Gasteiger partial charge in [-0.05, 0) is 17.7 Å². The molecule has 0 bridgehead atoms. The Morgan fingerprint density at radius 1 is 1.60 bits per heavy atom. The van der Waals surface area contributed by atoms with Crippen molar-refractivity contribution in [3.05, 3.63) is 29.6 Å². The third-order valence-electron chi connectivity index (χ3n) is 2.03. The summed E-state index contributed by atoms with van der Waals surface area (Å²) in [4.78, 5) is 10.6. The first-order chi connectivity index (χ1) is 7.04. The average molecular weight is 212 g/mol. The SMILES string of the molecule is COc1ccc([C@@H](N)CC(N)=O)cc1F. The molecule has 0 heterocycles. The summed E-state index contributed by atoms with van der Waals surface area (Å²) in [6.45, 7) is 0. The normalized spacial score (nSPS) is 12.2. The molecule has 1 aromatic carbocycles. The minimum Gasteiger partial charge on any atom is -0.494 e. The standard InChI is InChI=1S/C10H13FN2O2/c1-15-9-3-2-6(4-7(9)11)8(12)5-10(13)14/h2-4,8H,5,12H2,1H3,(H2,13,14)/t8-/m0/s1. The number of carbonyl (C=O) groups excluding carboxylic acids is 1. The Labute approximate surface area is 87.0 Å². The fourth-order valence-corrected chi connectivity index (χ4v) is 1.25. The first-order valence-electron chi connectivity index (χ1n) is 4.42. The van der Waals surface area contributed by atoms with E-state index in [2.05, 4.69) is 0 Å². The van der Waals surface area contributed by atoms with Crippen LogP contribution in [0.15, 0.2) is 18.2 Å².